The lowest BCUT2D eigenvalue weighted by molar-refractivity contribution is 0.146. The lowest BCUT2D eigenvalue weighted by Crippen LogP contribution is -2.04. The highest BCUT2D eigenvalue weighted by Crippen LogP contribution is 2.18. The molecule has 0 unspecified atom stereocenters. The molecule has 0 radical (unpaired) electrons. The highest BCUT2D eigenvalue weighted by molar-refractivity contribution is 7.80. The van der Waals surface area contributed by atoms with Crippen molar-refractivity contribution in [3.63, 3.8) is 0 Å². The Bertz CT molecular complexity index is 278. The van der Waals surface area contributed by atoms with Gasteiger partial charge in [0.2, 0.25) is 0 Å². The Kier molecular flexibility index (Phi) is 4.05. The van der Waals surface area contributed by atoms with Crippen molar-refractivity contribution in [3.8, 4) is 5.75 Å². The van der Waals surface area contributed by atoms with Crippen LogP contribution in [0.3, 0.4) is 0 Å². The van der Waals surface area contributed by atoms with E-state index in [4.69, 9.17) is 9.47 Å². The van der Waals surface area contributed by atoms with Crippen LogP contribution in [0, 0.1) is 5.82 Å². The van der Waals surface area contributed by atoms with E-state index in [9.17, 15) is 4.39 Å². The van der Waals surface area contributed by atoms with Crippen molar-refractivity contribution < 1.29 is 13.9 Å². The van der Waals surface area contributed by atoms with Gasteiger partial charge < -0.3 is 9.47 Å². The SMILES string of the molecule is COCCOc1ccc(S)c(F)c1. The van der Waals surface area contributed by atoms with Crippen molar-refractivity contribution in [1.29, 1.82) is 0 Å². The van der Waals surface area contributed by atoms with Crippen LogP contribution >= 0.6 is 12.6 Å². The van der Waals surface area contributed by atoms with Gasteiger partial charge in [0.15, 0.2) is 0 Å². The molecule has 4 heteroatoms. The van der Waals surface area contributed by atoms with E-state index in [1.807, 2.05) is 0 Å². The largest absolute Gasteiger partial charge is 0.491 e. The molecule has 2 nitrogen and oxygen atoms in total. The average Bonchev–Trinajstić information content (AvgIpc) is 2.12. The summed E-state index contributed by atoms with van der Waals surface area (Å²) in [4.78, 5) is 0.319. The molecule has 0 aliphatic heterocycles. The Hall–Kier alpha value is -0.740. The second-order valence-electron chi connectivity index (χ2n) is 2.45. The summed E-state index contributed by atoms with van der Waals surface area (Å²) in [6.07, 6.45) is 0. The molecule has 0 N–H and O–H groups in total. The summed E-state index contributed by atoms with van der Waals surface area (Å²) in [7, 11) is 1.58. The number of thiol groups is 1. The summed E-state index contributed by atoms with van der Waals surface area (Å²) in [6.45, 7) is 0.909. The van der Waals surface area contributed by atoms with Gasteiger partial charge in [-0.05, 0) is 12.1 Å². The van der Waals surface area contributed by atoms with Gasteiger partial charge in [0.25, 0.3) is 0 Å². The van der Waals surface area contributed by atoms with Crippen LogP contribution in [-0.4, -0.2) is 20.3 Å². The number of methoxy groups -OCH3 is 1. The molecule has 0 heterocycles. The molecule has 1 aromatic carbocycles. The van der Waals surface area contributed by atoms with Gasteiger partial charge in [-0.1, -0.05) is 0 Å². The summed E-state index contributed by atoms with van der Waals surface area (Å²) >= 11 is 3.90. The molecule has 0 aliphatic rings. The van der Waals surface area contributed by atoms with Crippen LogP contribution in [0.4, 0.5) is 4.39 Å². The lowest BCUT2D eigenvalue weighted by atomic mass is 10.3. The molecule has 13 heavy (non-hydrogen) atoms. The van der Waals surface area contributed by atoms with Crippen molar-refractivity contribution in [1.82, 2.24) is 0 Å². The van der Waals surface area contributed by atoms with Crippen molar-refractivity contribution in [3.05, 3.63) is 24.0 Å². The topological polar surface area (TPSA) is 18.5 Å². The fraction of sp³-hybridized carbons (Fsp3) is 0.333. The average molecular weight is 202 g/mol. The number of hydrogen-bond acceptors (Lipinski definition) is 3. The number of hydrogen-bond donors (Lipinski definition) is 1. The zero-order chi connectivity index (χ0) is 9.68. The number of halogens is 1. The zero-order valence-corrected chi connectivity index (χ0v) is 8.18. The highest BCUT2D eigenvalue weighted by atomic mass is 32.1. The Morgan fingerprint density at radius 1 is 1.38 bits per heavy atom. The van der Waals surface area contributed by atoms with E-state index in [0.717, 1.165) is 0 Å². The smallest absolute Gasteiger partial charge is 0.140 e. The minimum absolute atomic E-state index is 0.319. The Balaban J connectivity index is 2.53. The van der Waals surface area contributed by atoms with E-state index in [2.05, 4.69) is 12.6 Å². The van der Waals surface area contributed by atoms with E-state index in [1.54, 1.807) is 19.2 Å². The third-order valence-electron chi connectivity index (χ3n) is 1.48. The molecular weight excluding hydrogens is 191 g/mol. The Labute approximate surface area is 82.1 Å². The van der Waals surface area contributed by atoms with Crippen LogP contribution < -0.4 is 4.74 Å². The fourth-order valence-corrected chi connectivity index (χ4v) is 0.959. The number of benzene rings is 1. The summed E-state index contributed by atoms with van der Waals surface area (Å²) in [5, 5.41) is 0. The first-order valence-corrected chi connectivity index (χ1v) is 4.29. The number of ether oxygens (including phenoxy) is 2. The summed E-state index contributed by atoms with van der Waals surface area (Å²) in [5.41, 5.74) is 0. The predicted octanol–water partition coefficient (Wildman–Crippen LogP) is 2.14. The summed E-state index contributed by atoms with van der Waals surface area (Å²) < 4.78 is 22.9. The monoisotopic (exact) mass is 202 g/mol. The zero-order valence-electron chi connectivity index (χ0n) is 7.29. The van der Waals surface area contributed by atoms with Gasteiger partial charge in [0.05, 0.1) is 6.61 Å². The van der Waals surface area contributed by atoms with E-state index in [1.165, 1.54) is 6.07 Å². The maximum absolute atomic E-state index is 12.9. The van der Waals surface area contributed by atoms with Crippen LogP contribution in [0.15, 0.2) is 23.1 Å². The molecule has 0 saturated heterocycles. The van der Waals surface area contributed by atoms with E-state index < -0.39 is 0 Å². The highest BCUT2D eigenvalue weighted by Gasteiger charge is 1.99. The molecule has 0 bridgehead atoms. The van der Waals surface area contributed by atoms with Crippen LogP contribution in [0.25, 0.3) is 0 Å². The molecule has 0 amide bonds. The van der Waals surface area contributed by atoms with E-state index in [0.29, 0.717) is 23.9 Å². The minimum atomic E-state index is -0.377. The second-order valence-corrected chi connectivity index (χ2v) is 2.94. The maximum atomic E-state index is 12.9. The quantitative estimate of drug-likeness (QED) is 0.595. The van der Waals surface area contributed by atoms with Gasteiger partial charge in [-0.2, -0.15) is 0 Å². The molecule has 0 fully saturated rings. The first kappa shape index (κ1) is 10.3. The first-order valence-electron chi connectivity index (χ1n) is 3.84. The lowest BCUT2D eigenvalue weighted by Gasteiger charge is -2.05. The Morgan fingerprint density at radius 2 is 2.15 bits per heavy atom. The van der Waals surface area contributed by atoms with Crippen LogP contribution in [-0.2, 0) is 4.74 Å². The van der Waals surface area contributed by atoms with Crippen LogP contribution in [0.1, 0.15) is 0 Å². The summed E-state index contributed by atoms with van der Waals surface area (Å²) in [6, 6.07) is 4.53. The number of rotatable bonds is 4. The fourth-order valence-electron chi connectivity index (χ4n) is 0.820. The normalized spacial score (nSPS) is 10.1. The standard InChI is InChI=1S/C9H11FO2S/c1-11-4-5-12-7-2-3-9(13)8(10)6-7/h2-3,6,13H,4-5H2,1H3. The molecule has 0 aliphatic carbocycles. The molecule has 72 valence electrons. The Morgan fingerprint density at radius 3 is 2.77 bits per heavy atom. The van der Waals surface area contributed by atoms with E-state index in [-0.39, 0.29) is 5.82 Å². The van der Waals surface area contributed by atoms with E-state index >= 15 is 0 Å². The van der Waals surface area contributed by atoms with Gasteiger partial charge in [-0.25, -0.2) is 4.39 Å². The van der Waals surface area contributed by atoms with Gasteiger partial charge >= 0.3 is 0 Å². The third-order valence-corrected chi connectivity index (χ3v) is 1.84. The molecule has 1 aromatic rings. The van der Waals surface area contributed by atoms with Crippen molar-refractivity contribution in [2.45, 2.75) is 4.90 Å². The molecule has 0 spiro atoms. The van der Waals surface area contributed by atoms with Crippen molar-refractivity contribution in [2.75, 3.05) is 20.3 Å². The second kappa shape index (κ2) is 5.09. The van der Waals surface area contributed by atoms with Crippen LogP contribution in [0.2, 0.25) is 0 Å². The first-order chi connectivity index (χ1) is 6.24. The van der Waals surface area contributed by atoms with Gasteiger partial charge in [0.1, 0.15) is 18.2 Å². The van der Waals surface area contributed by atoms with Gasteiger partial charge in [-0.3, -0.25) is 0 Å². The maximum Gasteiger partial charge on any atom is 0.140 e. The summed E-state index contributed by atoms with van der Waals surface area (Å²) in [5.74, 6) is 0.116. The molecule has 1 rings (SSSR count). The predicted molar refractivity (Wildman–Crippen MR) is 51.0 cm³/mol. The molecule has 0 atom stereocenters. The molecular formula is C9H11FO2S. The molecule has 0 saturated carbocycles. The molecule has 0 aromatic heterocycles. The van der Waals surface area contributed by atoms with Crippen molar-refractivity contribution >= 4 is 12.6 Å². The van der Waals surface area contributed by atoms with Gasteiger partial charge in [-0.15, -0.1) is 12.6 Å². The van der Waals surface area contributed by atoms with Gasteiger partial charge in [0, 0.05) is 18.1 Å². The third kappa shape index (κ3) is 3.24. The minimum Gasteiger partial charge on any atom is -0.491 e. The van der Waals surface area contributed by atoms with Crippen LogP contribution in [0.5, 0.6) is 5.75 Å². The van der Waals surface area contributed by atoms with Crippen molar-refractivity contribution in [2.24, 2.45) is 0 Å².